The molecule has 0 aliphatic heterocycles. The molecule has 1 atom stereocenters. The highest BCUT2D eigenvalue weighted by molar-refractivity contribution is 4.79. The number of rotatable bonds is 5. The summed E-state index contributed by atoms with van der Waals surface area (Å²) in [5.74, 6) is 0.759. The average Bonchev–Trinajstić information content (AvgIpc) is 2.52. The van der Waals surface area contributed by atoms with Crippen molar-refractivity contribution in [2.45, 2.75) is 58.5 Å². The third-order valence-electron chi connectivity index (χ3n) is 2.96. The van der Waals surface area contributed by atoms with Crippen molar-refractivity contribution in [3.05, 3.63) is 0 Å². The zero-order valence-corrected chi connectivity index (χ0v) is 10.00. The molecular formula is C12H26N2. The Kier molecular flexibility index (Phi) is 4.90. The first-order valence-electron chi connectivity index (χ1n) is 6.09. The highest BCUT2D eigenvalue weighted by Crippen LogP contribution is 2.24. The zero-order chi connectivity index (χ0) is 10.6. The van der Waals surface area contributed by atoms with Gasteiger partial charge in [-0.25, -0.2) is 0 Å². The summed E-state index contributed by atoms with van der Waals surface area (Å²) in [5, 5.41) is 0. The summed E-state index contributed by atoms with van der Waals surface area (Å²) < 4.78 is 0. The Morgan fingerprint density at radius 1 is 1.14 bits per heavy atom. The van der Waals surface area contributed by atoms with E-state index in [2.05, 4.69) is 25.7 Å². The molecule has 0 aromatic rings. The number of hydrogen-bond donors (Lipinski definition) is 1. The van der Waals surface area contributed by atoms with E-state index in [0.29, 0.717) is 6.04 Å². The molecule has 1 fully saturated rings. The van der Waals surface area contributed by atoms with Gasteiger partial charge in [-0.05, 0) is 25.7 Å². The van der Waals surface area contributed by atoms with E-state index in [1.165, 1.54) is 32.2 Å². The highest BCUT2D eigenvalue weighted by atomic mass is 15.2. The lowest BCUT2D eigenvalue weighted by molar-refractivity contribution is 0.169. The van der Waals surface area contributed by atoms with Gasteiger partial charge in [0.1, 0.15) is 0 Å². The van der Waals surface area contributed by atoms with Crippen LogP contribution >= 0.6 is 0 Å². The first-order chi connectivity index (χ1) is 6.59. The molecule has 1 aliphatic carbocycles. The minimum absolute atomic E-state index is 0.314. The van der Waals surface area contributed by atoms with E-state index >= 15 is 0 Å². The predicted octanol–water partition coefficient (Wildman–Crippen LogP) is 2.23. The third kappa shape index (κ3) is 3.97. The van der Waals surface area contributed by atoms with Crippen LogP contribution in [0.3, 0.4) is 0 Å². The molecular weight excluding hydrogens is 172 g/mol. The number of nitrogens with zero attached hydrogens (tertiary/aromatic N) is 1. The van der Waals surface area contributed by atoms with Crippen LogP contribution in [-0.2, 0) is 0 Å². The Morgan fingerprint density at radius 2 is 1.71 bits per heavy atom. The molecule has 2 N–H and O–H groups in total. The standard InChI is InChI=1S/C12H26N2/c1-10(2)8-14(9-11(3)13)12-6-4-5-7-12/h10-12H,4-9,13H2,1-3H3/t11-/m0/s1. The van der Waals surface area contributed by atoms with Crippen molar-refractivity contribution >= 4 is 0 Å². The normalized spacial score (nSPS) is 21.0. The highest BCUT2D eigenvalue weighted by Gasteiger charge is 2.23. The Morgan fingerprint density at radius 3 is 2.14 bits per heavy atom. The van der Waals surface area contributed by atoms with E-state index in [0.717, 1.165) is 18.5 Å². The van der Waals surface area contributed by atoms with E-state index in [-0.39, 0.29) is 0 Å². The van der Waals surface area contributed by atoms with Crippen LogP contribution in [0.4, 0.5) is 0 Å². The second-order valence-electron chi connectivity index (χ2n) is 5.26. The molecule has 2 nitrogen and oxygen atoms in total. The second-order valence-corrected chi connectivity index (χ2v) is 5.26. The first-order valence-corrected chi connectivity index (χ1v) is 6.09. The third-order valence-corrected chi connectivity index (χ3v) is 2.96. The largest absolute Gasteiger partial charge is 0.327 e. The van der Waals surface area contributed by atoms with Crippen LogP contribution in [0.25, 0.3) is 0 Å². The molecule has 0 bridgehead atoms. The molecule has 0 amide bonds. The van der Waals surface area contributed by atoms with Crippen LogP contribution in [0.5, 0.6) is 0 Å². The topological polar surface area (TPSA) is 29.3 Å². The van der Waals surface area contributed by atoms with Gasteiger partial charge >= 0.3 is 0 Å². The summed E-state index contributed by atoms with van der Waals surface area (Å²) in [5.41, 5.74) is 5.89. The van der Waals surface area contributed by atoms with Crippen LogP contribution in [-0.4, -0.2) is 30.1 Å². The van der Waals surface area contributed by atoms with Crippen LogP contribution in [0.15, 0.2) is 0 Å². The maximum Gasteiger partial charge on any atom is 0.0139 e. The molecule has 1 rings (SSSR count). The minimum atomic E-state index is 0.314. The van der Waals surface area contributed by atoms with Crippen molar-refractivity contribution in [3.8, 4) is 0 Å². The van der Waals surface area contributed by atoms with Gasteiger partial charge in [0.25, 0.3) is 0 Å². The van der Waals surface area contributed by atoms with Crippen molar-refractivity contribution in [2.24, 2.45) is 11.7 Å². The molecule has 0 spiro atoms. The maximum absolute atomic E-state index is 5.89. The van der Waals surface area contributed by atoms with Crippen molar-refractivity contribution in [1.29, 1.82) is 0 Å². The molecule has 1 aliphatic rings. The summed E-state index contributed by atoms with van der Waals surface area (Å²) in [6, 6.07) is 1.14. The fourth-order valence-electron chi connectivity index (χ4n) is 2.48. The molecule has 1 saturated carbocycles. The lowest BCUT2D eigenvalue weighted by atomic mass is 10.1. The van der Waals surface area contributed by atoms with Crippen LogP contribution in [0.2, 0.25) is 0 Å². The lowest BCUT2D eigenvalue weighted by Crippen LogP contribution is -2.43. The molecule has 0 saturated heterocycles. The number of hydrogen-bond acceptors (Lipinski definition) is 2. The van der Waals surface area contributed by atoms with Crippen LogP contribution < -0.4 is 5.73 Å². The number of nitrogens with two attached hydrogens (primary N) is 1. The Balaban J connectivity index is 2.42. The van der Waals surface area contributed by atoms with Crippen molar-refractivity contribution in [1.82, 2.24) is 4.90 Å². The van der Waals surface area contributed by atoms with Gasteiger partial charge in [-0.3, -0.25) is 4.90 Å². The van der Waals surface area contributed by atoms with E-state index in [9.17, 15) is 0 Å². The smallest absolute Gasteiger partial charge is 0.0139 e. The van der Waals surface area contributed by atoms with Gasteiger partial charge in [-0.1, -0.05) is 26.7 Å². The summed E-state index contributed by atoms with van der Waals surface area (Å²) in [6.45, 7) is 8.99. The average molecular weight is 198 g/mol. The quantitative estimate of drug-likeness (QED) is 0.734. The van der Waals surface area contributed by atoms with Gasteiger partial charge in [0, 0.05) is 25.2 Å². The summed E-state index contributed by atoms with van der Waals surface area (Å²) >= 11 is 0. The Hall–Kier alpha value is -0.0800. The monoisotopic (exact) mass is 198 g/mol. The summed E-state index contributed by atoms with van der Waals surface area (Å²) in [6.07, 6.45) is 5.61. The van der Waals surface area contributed by atoms with Crippen molar-refractivity contribution in [2.75, 3.05) is 13.1 Å². The maximum atomic E-state index is 5.89. The fourth-order valence-corrected chi connectivity index (χ4v) is 2.48. The molecule has 14 heavy (non-hydrogen) atoms. The molecule has 0 radical (unpaired) electrons. The molecule has 0 aromatic carbocycles. The molecule has 0 unspecified atom stereocenters. The summed E-state index contributed by atoms with van der Waals surface area (Å²) in [4.78, 5) is 2.61. The van der Waals surface area contributed by atoms with Crippen molar-refractivity contribution in [3.63, 3.8) is 0 Å². The van der Waals surface area contributed by atoms with Gasteiger partial charge < -0.3 is 5.73 Å². The van der Waals surface area contributed by atoms with Gasteiger partial charge in [-0.15, -0.1) is 0 Å². The van der Waals surface area contributed by atoms with Gasteiger partial charge in [0.2, 0.25) is 0 Å². The fraction of sp³-hybridized carbons (Fsp3) is 1.00. The second kappa shape index (κ2) is 5.72. The van der Waals surface area contributed by atoms with Crippen LogP contribution in [0, 0.1) is 5.92 Å². The van der Waals surface area contributed by atoms with Crippen LogP contribution in [0.1, 0.15) is 46.5 Å². The van der Waals surface area contributed by atoms with Gasteiger partial charge in [-0.2, -0.15) is 0 Å². The van der Waals surface area contributed by atoms with Gasteiger partial charge in [0.05, 0.1) is 0 Å². The Labute approximate surface area is 88.8 Å². The van der Waals surface area contributed by atoms with E-state index < -0.39 is 0 Å². The van der Waals surface area contributed by atoms with Crippen molar-refractivity contribution < 1.29 is 0 Å². The molecule has 0 aromatic heterocycles. The van der Waals surface area contributed by atoms with E-state index in [1.807, 2.05) is 0 Å². The summed E-state index contributed by atoms with van der Waals surface area (Å²) in [7, 11) is 0. The first kappa shape index (κ1) is 12.0. The molecule has 0 heterocycles. The minimum Gasteiger partial charge on any atom is -0.327 e. The van der Waals surface area contributed by atoms with Gasteiger partial charge in [0.15, 0.2) is 0 Å². The lowest BCUT2D eigenvalue weighted by Gasteiger charge is -2.31. The zero-order valence-electron chi connectivity index (χ0n) is 10.00. The Bertz CT molecular complexity index is 138. The molecule has 84 valence electrons. The predicted molar refractivity (Wildman–Crippen MR) is 62.3 cm³/mol. The SMILES string of the molecule is CC(C)CN(C[C@H](C)N)C1CCCC1. The molecule has 2 heteroatoms. The van der Waals surface area contributed by atoms with E-state index in [4.69, 9.17) is 5.73 Å². The van der Waals surface area contributed by atoms with E-state index in [1.54, 1.807) is 0 Å².